The molecule has 0 amide bonds. The van der Waals surface area contributed by atoms with E-state index < -0.39 is 20.8 Å². The Bertz CT molecular complexity index is 815. The van der Waals surface area contributed by atoms with E-state index in [1.165, 1.54) is 44.2 Å². The highest BCUT2D eigenvalue weighted by molar-refractivity contribution is 7.86. The molecule has 0 bridgehead atoms. The lowest BCUT2D eigenvalue weighted by atomic mass is 10.0. The van der Waals surface area contributed by atoms with E-state index in [9.17, 15) is 13.5 Å². The van der Waals surface area contributed by atoms with Crippen molar-refractivity contribution < 1.29 is 22.8 Å². The standard InChI is InChI=1S/C20H26O5S/c1-2-3-4-5-6-7-9-16-10-8-11-17(14-16)25-18-12-13-19(21)20(15-18)26(22,23)24/h8,10-15,21H,2-7,9H2,1H3,(H,22,23,24). The highest BCUT2D eigenvalue weighted by Gasteiger charge is 2.16. The van der Waals surface area contributed by atoms with E-state index in [2.05, 4.69) is 6.92 Å². The van der Waals surface area contributed by atoms with E-state index in [0.717, 1.165) is 24.5 Å². The lowest BCUT2D eigenvalue weighted by Crippen LogP contribution is -1.99. The van der Waals surface area contributed by atoms with Crippen LogP contribution in [0.15, 0.2) is 47.4 Å². The molecule has 0 saturated carbocycles. The van der Waals surface area contributed by atoms with Crippen LogP contribution in [0, 0.1) is 0 Å². The van der Waals surface area contributed by atoms with Crippen molar-refractivity contribution in [1.29, 1.82) is 0 Å². The number of hydrogen-bond acceptors (Lipinski definition) is 4. The van der Waals surface area contributed by atoms with E-state index in [4.69, 9.17) is 9.29 Å². The Morgan fingerprint density at radius 3 is 2.35 bits per heavy atom. The van der Waals surface area contributed by atoms with Gasteiger partial charge in [0.05, 0.1) is 0 Å². The van der Waals surface area contributed by atoms with Gasteiger partial charge in [-0.2, -0.15) is 8.42 Å². The number of hydrogen-bond donors (Lipinski definition) is 2. The maximum absolute atomic E-state index is 11.3. The Morgan fingerprint density at radius 1 is 0.923 bits per heavy atom. The fraction of sp³-hybridized carbons (Fsp3) is 0.400. The maximum atomic E-state index is 11.3. The molecule has 0 aliphatic carbocycles. The minimum atomic E-state index is -4.51. The number of aryl methyl sites for hydroxylation is 1. The summed E-state index contributed by atoms with van der Waals surface area (Å²) in [6.07, 6.45) is 8.39. The van der Waals surface area contributed by atoms with Crippen LogP contribution in [0.4, 0.5) is 0 Å². The number of phenolic OH excluding ortho intramolecular Hbond substituents is 1. The third-order valence-corrected chi connectivity index (χ3v) is 5.05. The minimum absolute atomic E-state index is 0.229. The zero-order valence-corrected chi connectivity index (χ0v) is 15.8. The molecule has 2 N–H and O–H groups in total. The quantitative estimate of drug-likeness (QED) is 0.431. The summed E-state index contributed by atoms with van der Waals surface area (Å²) in [5.74, 6) is 0.296. The molecule has 0 saturated heterocycles. The fourth-order valence-electron chi connectivity index (χ4n) is 2.77. The van der Waals surface area contributed by atoms with E-state index in [1.807, 2.05) is 18.2 Å². The molecular weight excluding hydrogens is 352 g/mol. The molecule has 26 heavy (non-hydrogen) atoms. The SMILES string of the molecule is CCCCCCCCc1cccc(Oc2ccc(O)c(S(=O)(=O)O)c2)c1. The lowest BCUT2D eigenvalue weighted by molar-refractivity contribution is 0.435. The van der Waals surface area contributed by atoms with Gasteiger partial charge in [0.2, 0.25) is 0 Å². The molecule has 0 atom stereocenters. The number of unbranched alkanes of at least 4 members (excludes halogenated alkanes) is 5. The third kappa shape index (κ3) is 6.35. The summed E-state index contributed by atoms with van der Waals surface area (Å²) in [7, 11) is -4.51. The van der Waals surface area contributed by atoms with Crippen LogP contribution >= 0.6 is 0 Å². The molecule has 142 valence electrons. The number of benzene rings is 2. The van der Waals surface area contributed by atoms with Crippen LogP contribution in [-0.4, -0.2) is 18.1 Å². The molecule has 2 rings (SSSR count). The smallest absolute Gasteiger partial charge is 0.298 e. The Morgan fingerprint density at radius 2 is 1.62 bits per heavy atom. The van der Waals surface area contributed by atoms with Crippen molar-refractivity contribution in [2.45, 2.75) is 56.8 Å². The number of aromatic hydroxyl groups is 1. The van der Waals surface area contributed by atoms with Gasteiger partial charge in [-0.3, -0.25) is 4.55 Å². The molecule has 6 heteroatoms. The highest BCUT2D eigenvalue weighted by atomic mass is 32.2. The highest BCUT2D eigenvalue weighted by Crippen LogP contribution is 2.30. The summed E-state index contributed by atoms with van der Waals surface area (Å²) in [6, 6.07) is 11.4. The third-order valence-electron chi connectivity index (χ3n) is 4.16. The van der Waals surface area contributed by atoms with E-state index >= 15 is 0 Å². The van der Waals surface area contributed by atoms with Gasteiger partial charge >= 0.3 is 0 Å². The molecule has 0 fully saturated rings. The summed E-state index contributed by atoms with van der Waals surface area (Å²) in [5, 5.41) is 9.56. The van der Waals surface area contributed by atoms with Crippen LogP contribution in [0.25, 0.3) is 0 Å². The van der Waals surface area contributed by atoms with Crippen LogP contribution in [-0.2, 0) is 16.5 Å². The molecule has 0 radical (unpaired) electrons. The molecule has 0 heterocycles. The first-order valence-electron chi connectivity index (χ1n) is 8.97. The van der Waals surface area contributed by atoms with E-state index in [-0.39, 0.29) is 5.75 Å². The van der Waals surface area contributed by atoms with E-state index in [1.54, 1.807) is 6.07 Å². The van der Waals surface area contributed by atoms with Crippen molar-refractivity contribution in [2.75, 3.05) is 0 Å². The Labute approximate surface area is 155 Å². The van der Waals surface area contributed by atoms with Crippen molar-refractivity contribution in [3.05, 3.63) is 48.0 Å². The van der Waals surface area contributed by atoms with Crippen LogP contribution in [0.5, 0.6) is 17.2 Å². The second-order valence-corrected chi connectivity index (χ2v) is 7.76. The van der Waals surface area contributed by atoms with Gasteiger partial charge in [-0.1, -0.05) is 51.2 Å². The van der Waals surface area contributed by atoms with Gasteiger partial charge in [0, 0.05) is 6.07 Å². The summed E-state index contributed by atoms with van der Waals surface area (Å²) < 4.78 is 37.3. The second kappa shape index (κ2) is 9.59. The summed E-state index contributed by atoms with van der Waals surface area (Å²) in [6.45, 7) is 2.21. The number of rotatable bonds is 10. The molecule has 0 aromatic heterocycles. The fourth-order valence-corrected chi connectivity index (χ4v) is 3.37. The van der Waals surface area contributed by atoms with Crippen LogP contribution in [0.3, 0.4) is 0 Å². The largest absolute Gasteiger partial charge is 0.506 e. The van der Waals surface area contributed by atoms with Crippen molar-refractivity contribution in [3.63, 3.8) is 0 Å². The second-order valence-electron chi connectivity index (χ2n) is 6.37. The van der Waals surface area contributed by atoms with Crippen LogP contribution in [0.2, 0.25) is 0 Å². The Hall–Kier alpha value is -2.05. The summed E-state index contributed by atoms with van der Waals surface area (Å²) in [5.41, 5.74) is 1.16. The van der Waals surface area contributed by atoms with Gasteiger partial charge in [0.25, 0.3) is 10.1 Å². The Kier molecular flexibility index (Phi) is 7.48. The van der Waals surface area contributed by atoms with Gasteiger partial charge < -0.3 is 9.84 Å². The molecule has 2 aromatic rings. The van der Waals surface area contributed by atoms with Gasteiger partial charge in [-0.05, 0) is 42.7 Å². The lowest BCUT2D eigenvalue weighted by Gasteiger charge is -2.09. The average molecular weight is 378 g/mol. The number of ether oxygens (including phenoxy) is 1. The normalized spacial score (nSPS) is 11.5. The average Bonchev–Trinajstić information content (AvgIpc) is 2.59. The molecule has 0 aliphatic heterocycles. The minimum Gasteiger partial charge on any atom is -0.506 e. The van der Waals surface area contributed by atoms with Gasteiger partial charge in [0.15, 0.2) is 0 Å². The topological polar surface area (TPSA) is 83.8 Å². The first kappa shape index (κ1) is 20.3. The summed E-state index contributed by atoms with van der Waals surface area (Å²) in [4.78, 5) is -0.571. The van der Waals surface area contributed by atoms with Gasteiger partial charge in [0.1, 0.15) is 22.1 Å². The van der Waals surface area contributed by atoms with Crippen LogP contribution < -0.4 is 4.74 Å². The van der Waals surface area contributed by atoms with Crippen molar-refractivity contribution in [1.82, 2.24) is 0 Å². The Balaban J connectivity index is 1.98. The molecule has 0 spiro atoms. The molecule has 0 aliphatic rings. The maximum Gasteiger partial charge on any atom is 0.298 e. The monoisotopic (exact) mass is 378 g/mol. The van der Waals surface area contributed by atoms with Crippen molar-refractivity contribution in [3.8, 4) is 17.2 Å². The molecular formula is C20H26O5S. The number of phenols is 1. The van der Waals surface area contributed by atoms with E-state index in [0.29, 0.717) is 5.75 Å². The summed E-state index contributed by atoms with van der Waals surface area (Å²) >= 11 is 0. The van der Waals surface area contributed by atoms with Crippen molar-refractivity contribution >= 4 is 10.1 Å². The zero-order valence-electron chi connectivity index (χ0n) is 15.0. The zero-order chi connectivity index (χ0) is 19.0. The molecule has 0 unspecified atom stereocenters. The predicted molar refractivity (Wildman–Crippen MR) is 102 cm³/mol. The first-order valence-corrected chi connectivity index (χ1v) is 10.4. The molecule has 2 aromatic carbocycles. The predicted octanol–water partition coefficient (Wildman–Crippen LogP) is 5.33. The van der Waals surface area contributed by atoms with Gasteiger partial charge in [-0.25, -0.2) is 0 Å². The first-order chi connectivity index (χ1) is 12.4. The van der Waals surface area contributed by atoms with Crippen molar-refractivity contribution in [2.24, 2.45) is 0 Å². The van der Waals surface area contributed by atoms with Gasteiger partial charge in [-0.15, -0.1) is 0 Å². The van der Waals surface area contributed by atoms with Crippen LogP contribution in [0.1, 0.15) is 51.0 Å². The molecule has 5 nitrogen and oxygen atoms in total.